The van der Waals surface area contributed by atoms with E-state index < -0.39 is 15.6 Å². The van der Waals surface area contributed by atoms with Crippen LogP contribution in [0.1, 0.15) is 44.9 Å². The number of rotatable bonds is 12. The third kappa shape index (κ3) is 17.4. The molecule has 0 unspecified atom stereocenters. The van der Waals surface area contributed by atoms with Crippen molar-refractivity contribution in [2.45, 2.75) is 44.9 Å². The number of hydrogen-bond donors (Lipinski definition) is 0. The van der Waals surface area contributed by atoms with Crippen LogP contribution in [0.15, 0.2) is 24.1 Å². The SMILES string of the molecule is C=CCOCCCCCCCC/C=C/S(F)(F)(F)(F)F. The summed E-state index contributed by atoms with van der Waals surface area (Å²) in [6.07, 6.45) is 7.30. The highest BCUT2D eigenvalue weighted by molar-refractivity contribution is 8.48. The summed E-state index contributed by atoms with van der Waals surface area (Å²) in [4.78, 5) is 0. The fourth-order valence-corrected chi connectivity index (χ4v) is 2.09. The van der Waals surface area contributed by atoms with Crippen LogP contribution in [0.25, 0.3) is 0 Å². The second kappa shape index (κ2) is 7.45. The van der Waals surface area contributed by atoms with Crippen molar-refractivity contribution in [1.82, 2.24) is 0 Å². The monoisotopic (exact) mass is 322 g/mol. The van der Waals surface area contributed by atoms with E-state index in [0.717, 1.165) is 32.1 Å². The van der Waals surface area contributed by atoms with Gasteiger partial charge in [-0.1, -0.05) is 57.3 Å². The molecule has 0 heterocycles. The maximum atomic E-state index is 11.9. The van der Waals surface area contributed by atoms with Gasteiger partial charge in [-0.3, -0.25) is 0 Å². The fraction of sp³-hybridized carbons (Fsp3) is 0.692. The molecule has 122 valence electrons. The third-order valence-electron chi connectivity index (χ3n) is 2.50. The van der Waals surface area contributed by atoms with E-state index in [-0.39, 0.29) is 6.42 Å². The molecule has 0 radical (unpaired) electrons. The Bertz CT molecular complexity index is 309. The molecule has 0 aliphatic heterocycles. The largest absolute Gasteiger partial charge is 0.377 e. The van der Waals surface area contributed by atoms with E-state index in [1.165, 1.54) is 0 Å². The first kappa shape index (κ1) is 19.4. The zero-order valence-corrected chi connectivity index (χ0v) is 12.3. The van der Waals surface area contributed by atoms with Crippen LogP contribution in [0.5, 0.6) is 0 Å². The summed E-state index contributed by atoms with van der Waals surface area (Å²) < 4.78 is 64.8. The van der Waals surface area contributed by atoms with E-state index in [4.69, 9.17) is 4.74 Å². The van der Waals surface area contributed by atoms with Gasteiger partial charge in [-0.05, 0) is 19.3 Å². The van der Waals surface area contributed by atoms with Crippen LogP contribution in [0, 0.1) is 0 Å². The van der Waals surface area contributed by atoms with Crippen molar-refractivity contribution in [2.24, 2.45) is 0 Å². The first-order valence-corrected chi connectivity index (χ1v) is 8.66. The van der Waals surface area contributed by atoms with Crippen molar-refractivity contribution >= 4 is 10.2 Å². The fourth-order valence-electron chi connectivity index (χ4n) is 1.59. The average molecular weight is 322 g/mol. The van der Waals surface area contributed by atoms with Gasteiger partial charge in [0, 0.05) is 6.61 Å². The molecule has 0 rings (SSSR count). The van der Waals surface area contributed by atoms with Crippen LogP contribution in [-0.2, 0) is 4.74 Å². The molecule has 0 spiro atoms. The lowest BCUT2D eigenvalue weighted by atomic mass is 10.1. The second-order valence-corrected chi connectivity index (χ2v) is 7.00. The Morgan fingerprint density at radius 1 is 0.850 bits per heavy atom. The van der Waals surface area contributed by atoms with Crippen molar-refractivity contribution in [3.8, 4) is 0 Å². The van der Waals surface area contributed by atoms with Crippen molar-refractivity contribution in [1.29, 1.82) is 0 Å². The van der Waals surface area contributed by atoms with Gasteiger partial charge in [-0.2, -0.15) is 0 Å². The molecule has 0 fully saturated rings. The number of hydrogen-bond acceptors (Lipinski definition) is 1. The summed E-state index contributed by atoms with van der Waals surface area (Å²) in [7, 11) is -9.34. The molecule has 7 heteroatoms. The molecule has 0 aliphatic rings. The lowest BCUT2D eigenvalue weighted by Gasteiger charge is -2.36. The van der Waals surface area contributed by atoms with Gasteiger partial charge in [0.25, 0.3) is 0 Å². The summed E-state index contributed by atoms with van der Waals surface area (Å²) in [5.41, 5.74) is 0. The smallest absolute Gasteiger partial charge is 0.304 e. The summed E-state index contributed by atoms with van der Waals surface area (Å²) in [6.45, 7) is 4.74. The zero-order valence-electron chi connectivity index (χ0n) is 11.5. The van der Waals surface area contributed by atoms with Gasteiger partial charge >= 0.3 is 10.2 Å². The quantitative estimate of drug-likeness (QED) is 0.220. The molecule has 0 bridgehead atoms. The van der Waals surface area contributed by atoms with E-state index in [9.17, 15) is 19.4 Å². The molecule has 0 N–H and O–H groups in total. The molecule has 0 aliphatic carbocycles. The highest BCUT2D eigenvalue weighted by atomic mass is 32.5. The van der Waals surface area contributed by atoms with E-state index in [1.54, 1.807) is 6.08 Å². The molecule has 0 aromatic rings. The van der Waals surface area contributed by atoms with Gasteiger partial charge in [-0.25, -0.2) is 0 Å². The highest BCUT2D eigenvalue weighted by Crippen LogP contribution is 2.98. The molecule has 0 saturated carbocycles. The maximum Gasteiger partial charge on any atom is 0.304 e. The van der Waals surface area contributed by atoms with E-state index in [2.05, 4.69) is 6.58 Å². The van der Waals surface area contributed by atoms with Crippen LogP contribution in [0.2, 0.25) is 0 Å². The Labute approximate surface area is 117 Å². The first-order chi connectivity index (χ1) is 9.04. The van der Waals surface area contributed by atoms with E-state index >= 15 is 0 Å². The zero-order chi connectivity index (χ0) is 15.6. The predicted molar refractivity (Wildman–Crippen MR) is 75.6 cm³/mol. The van der Waals surface area contributed by atoms with E-state index in [1.807, 2.05) is 0 Å². The summed E-state index contributed by atoms with van der Waals surface area (Å²) >= 11 is 0. The summed E-state index contributed by atoms with van der Waals surface area (Å²) in [6, 6.07) is 0. The van der Waals surface area contributed by atoms with Crippen LogP contribution < -0.4 is 0 Å². The molecular weight excluding hydrogens is 299 g/mol. The normalized spacial score (nSPS) is 16.1. The Kier molecular flexibility index (Phi) is 7.24. The van der Waals surface area contributed by atoms with Gasteiger partial charge < -0.3 is 4.74 Å². The van der Waals surface area contributed by atoms with Crippen LogP contribution in [0.4, 0.5) is 19.4 Å². The Hall–Kier alpha value is -0.560. The Morgan fingerprint density at radius 2 is 1.40 bits per heavy atom. The highest BCUT2D eigenvalue weighted by Gasteiger charge is 2.60. The molecule has 1 nitrogen and oxygen atoms in total. The van der Waals surface area contributed by atoms with Crippen molar-refractivity contribution < 1.29 is 24.2 Å². The predicted octanol–water partition coefficient (Wildman–Crippen LogP) is 6.73. The standard InChI is InChI=1S/C13H23F5OS/c1-2-11-19-12-9-7-5-3-4-6-8-10-13-20(14,15,16,17)18/h2,10,13H,1,3-9,11-12H2/b13-10+. The molecule has 0 amide bonds. The van der Waals surface area contributed by atoms with Gasteiger partial charge in [0.2, 0.25) is 0 Å². The molecule has 0 aromatic carbocycles. The van der Waals surface area contributed by atoms with Crippen molar-refractivity contribution in [2.75, 3.05) is 13.2 Å². The first-order valence-electron chi connectivity index (χ1n) is 6.64. The number of unbranched alkanes of at least 4 members (excludes halogenated alkanes) is 6. The minimum Gasteiger partial charge on any atom is -0.377 e. The Balaban J connectivity index is 3.42. The number of halogens is 5. The molecule has 0 atom stereocenters. The third-order valence-corrected chi connectivity index (χ3v) is 3.21. The minimum atomic E-state index is -9.34. The number of ether oxygens (including phenoxy) is 1. The average Bonchev–Trinajstić information content (AvgIpc) is 2.27. The summed E-state index contributed by atoms with van der Waals surface area (Å²) in [5.74, 6) is 0. The lowest BCUT2D eigenvalue weighted by Crippen LogP contribution is -1.98. The van der Waals surface area contributed by atoms with E-state index in [0.29, 0.717) is 25.7 Å². The molecule has 0 saturated heterocycles. The van der Waals surface area contributed by atoms with Gasteiger partial charge in [0.1, 0.15) is 0 Å². The molecule has 0 aromatic heterocycles. The Morgan fingerprint density at radius 3 is 1.95 bits per heavy atom. The topological polar surface area (TPSA) is 9.23 Å². The second-order valence-electron chi connectivity index (χ2n) is 4.67. The van der Waals surface area contributed by atoms with Crippen molar-refractivity contribution in [3.05, 3.63) is 24.1 Å². The molecule has 20 heavy (non-hydrogen) atoms. The van der Waals surface area contributed by atoms with Crippen molar-refractivity contribution in [3.63, 3.8) is 0 Å². The maximum absolute atomic E-state index is 11.9. The van der Waals surface area contributed by atoms with Gasteiger partial charge in [-0.15, -0.1) is 6.58 Å². The van der Waals surface area contributed by atoms with Gasteiger partial charge in [0.05, 0.1) is 12.0 Å². The number of allylic oxidation sites excluding steroid dienone is 1. The molecular formula is C13H23F5OS. The van der Waals surface area contributed by atoms with Crippen LogP contribution in [-0.4, -0.2) is 13.2 Å². The minimum absolute atomic E-state index is 0.0358. The lowest BCUT2D eigenvalue weighted by molar-refractivity contribution is 0.157. The van der Waals surface area contributed by atoms with Gasteiger partial charge in [0.15, 0.2) is 0 Å². The van der Waals surface area contributed by atoms with Crippen LogP contribution in [0.3, 0.4) is 0 Å². The summed E-state index contributed by atoms with van der Waals surface area (Å²) in [5, 5.41) is -0.850. The van der Waals surface area contributed by atoms with Crippen LogP contribution >= 0.6 is 10.2 Å².